The molecule has 0 spiro atoms. The second kappa shape index (κ2) is 9.37. The van der Waals surface area contributed by atoms with Gasteiger partial charge < -0.3 is 15.3 Å². The molecule has 2 aromatic carbocycles. The van der Waals surface area contributed by atoms with Gasteiger partial charge >= 0.3 is 5.97 Å². The van der Waals surface area contributed by atoms with Crippen LogP contribution in [0, 0.1) is 0 Å². The number of rotatable bonds is 7. The van der Waals surface area contributed by atoms with Gasteiger partial charge in [-0.1, -0.05) is 49.7 Å². The van der Waals surface area contributed by atoms with Crippen molar-refractivity contribution in [1.82, 2.24) is 10.2 Å². The summed E-state index contributed by atoms with van der Waals surface area (Å²) in [7, 11) is 0. The molecule has 0 radical (unpaired) electrons. The van der Waals surface area contributed by atoms with Crippen LogP contribution in [-0.2, 0) is 29.0 Å². The van der Waals surface area contributed by atoms with Gasteiger partial charge in [0, 0.05) is 13.1 Å². The topological polar surface area (TPSA) is 86.7 Å². The molecular weight excluding hydrogens is 368 g/mol. The number of carboxylic acid groups (broad SMARTS) is 1. The molecule has 3 rings (SSSR count). The maximum atomic E-state index is 13.1. The minimum absolute atomic E-state index is 0.111. The van der Waals surface area contributed by atoms with E-state index in [4.69, 9.17) is 0 Å². The van der Waals surface area contributed by atoms with Crippen molar-refractivity contribution in [2.75, 3.05) is 6.54 Å². The van der Waals surface area contributed by atoms with Crippen LogP contribution in [0.2, 0.25) is 0 Å². The predicted molar refractivity (Wildman–Crippen MR) is 110 cm³/mol. The number of benzene rings is 2. The molecule has 6 nitrogen and oxygen atoms in total. The summed E-state index contributed by atoms with van der Waals surface area (Å²) in [6, 6.07) is 13.9. The number of amides is 2. The summed E-state index contributed by atoms with van der Waals surface area (Å²) in [5, 5.41) is 12.1. The zero-order valence-corrected chi connectivity index (χ0v) is 16.6. The highest BCUT2D eigenvalue weighted by atomic mass is 16.4. The number of nitrogens with zero attached hydrogens (tertiary/aromatic N) is 1. The zero-order chi connectivity index (χ0) is 20.8. The maximum Gasteiger partial charge on any atom is 0.335 e. The smallest absolute Gasteiger partial charge is 0.335 e. The van der Waals surface area contributed by atoms with Gasteiger partial charge in [0.2, 0.25) is 11.8 Å². The Bertz CT molecular complexity index is 895. The highest BCUT2D eigenvalue weighted by molar-refractivity contribution is 5.89. The standard InChI is InChI=1S/C23H26N2O4/c1-2-6-20(24-21(26)13-16-7-4-3-5-8-16)22(27)25-12-11-17-9-10-18(23(28)29)14-19(17)15-25/h3-5,7-10,14,20H,2,6,11-13,15H2,1H3,(H,24,26)(H,28,29). The Hall–Kier alpha value is -3.15. The van der Waals surface area contributed by atoms with Crippen molar-refractivity contribution in [3.05, 3.63) is 70.8 Å². The lowest BCUT2D eigenvalue weighted by Crippen LogP contribution is -2.50. The highest BCUT2D eigenvalue weighted by Crippen LogP contribution is 2.21. The third-order valence-electron chi connectivity index (χ3n) is 5.20. The summed E-state index contributed by atoms with van der Waals surface area (Å²) < 4.78 is 0. The van der Waals surface area contributed by atoms with E-state index in [1.165, 1.54) is 0 Å². The lowest BCUT2D eigenvalue weighted by molar-refractivity contribution is -0.137. The second-order valence-electron chi connectivity index (χ2n) is 7.37. The van der Waals surface area contributed by atoms with Crippen LogP contribution in [0.3, 0.4) is 0 Å². The molecule has 0 bridgehead atoms. The van der Waals surface area contributed by atoms with Crippen molar-refractivity contribution in [3.63, 3.8) is 0 Å². The molecule has 29 heavy (non-hydrogen) atoms. The van der Waals surface area contributed by atoms with Crippen molar-refractivity contribution in [2.24, 2.45) is 0 Å². The molecule has 1 heterocycles. The van der Waals surface area contributed by atoms with Crippen LogP contribution in [0.5, 0.6) is 0 Å². The molecule has 2 N–H and O–H groups in total. The average molecular weight is 394 g/mol. The SMILES string of the molecule is CCCC(NC(=O)Cc1ccccc1)C(=O)N1CCc2ccc(C(=O)O)cc2C1. The van der Waals surface area contributed by atoms with Crippen LogP contribution in [0.15, 0.2) is 48.5 Å². The van der Waals surface area contributed by atoms with Gasteiger partial charge in [0.25, 0.3) is 0 Å². The van der Waals surface area contributed by atoms with Crippen LogP contribution in [0.25, 0.3) is 0 Å². The van der Waals surface area contributed by atoms with E-state index in [0.29, 0.717) is 25.9 Å². The number of carbonyl (C=O) groups excluding carboxylic acids is 2. The Morgan fingerprint density at radius 2 is 1.86 bits per heavy atom. The Kier molecular flexibility index (Phi) is 6.65. The molecule has 1 unspecified atom stereocenters. The maximum absolute atomic E-state index is 13.1. The van der Waals surface area contributed by atoms with Crippen LogP contribution in [0.4, 0.5) is 0 Å². The highest BCUT2D eigenvalue weighted by Gasteiger charge is 2.28. The quantitative estimate of drug-likeness (QED) is 0.756. The Morgan fingerprint density at radius 1 is 1.10 bits per heavy atom. The Balaban J connectivity index is 1.68. The Labute approximate surface area is 170 Å². The van der Waals surface area contributed by atoms with Crippen LogP contribution in [-0.4, -0.2) is 40.4 Å². The van der Waals surface area contributed by atoms with Crippen molar-refractivity contribution >= 4 is 17.8 Å². The third-order valence-corrected chi connectivity index (χ3v) is 5.20. The Morgan fingerprint density at radius 3 is 2.55 bits per heavy atom. The summed E-state index contributed by atoms with van der Waals surface area (Å²) in [5.74, 6) is -1.26. The van der Waals surface area contributed by atoms with E-state index in [9.17, 15) is 19.5 Å². The third kappa shape index (κ3) is 5.22. The summed E-state index contributed by atoms with van der Waals surface area (Å²) in [4.78, 5) is 38.5. The van der Waals surface area contributed by atoms with E-state index in [2.05, 4.69) is 5.32 Å². The van der Waals surface area contributed by atoms with Crippen molar-refractivity contribution in [2.45, 2.75) is 45.2 Å². The molecule has 0 saturated carbocycles. The van der Waals surface area contributed by atoms with E-state index in [1.54, 1.807) is 17.0 Å². The molecule has 2 aromatic rings. The molecule has 1 aliphatic heterocycles. The molecule has 6 heteroatoms. The van der Waals surface area contributed by atoms with E-state index >= 15 is 0 Å². The molecule has 1 aliphatic rings. The first-order chi connectivity index (χ1) is 14.0. The van der Waals surface area contributed by atoms with Crippen LogP contribution in [0.1, 0.15) is 46.8 Å². The predicted octanol–water partition coefficient (Wildman–Crippen LogP) is 2.80. The number of carboxylic acids is 1. The first kappa shape index (κ1) is 20.6. The zero-order valence-electron chi connectivity index (χ0n) is 16.6. The largest absolute Gasteiger partial charge is 0.478 e. The fourth-order valence-corrected chi connectivity index (χ4v) is 3.67. The molecule has 0 aromatic heterocycles. The molecule has 0 fully saturated rings. The average Bonchev–Trinajstić information content (AvgIpc) is 2.72. The fraction of sp³-hybridized carbons (Fsp3) is 0.348. The lowest BCUT2D eigenvalue weighted by Gasteiger charge is -2.32. The first-order valence-corrected chi connectivity index (χ1v) is 9.95. The van der Waals surface area contributed by atoms with E-state index in [1.807, 2.05) is 43.3 Å². The van der Waals surface area contributed by atoms with Gasteiger partial charge in [0.15, 0.2) is 0 Å². The van der Waals surface area contributed by atoms with Gasteiger partial charge in [-0.3, -0.25) is 9.59 Å². The molecule has 0 aliphatic carbocycles. The van der Waals surface area contributed by atoms with Gasteiger partial charge in [0.1, 0.15) is 6.04 Å². The lowest BCUT2D eigenvalue weighted by atomic mass is 9.96. The number of hydrogen-bond donors (Lipinski definition) is 2. The first-order valence-electron chi connectivity index (χ1n) is 9.95. The summed E-state index contributed by atoms with van der Waals surface area (Å²) in [5.41, 5.74) is 3.05. The normalized spacial score (nSPS) is 14.0. The number of hydrogen-bond acceptors (Lipinski definition) is 3. The van der Waals surface area contributed by atoms with Gasteiger partial charge in [-0.05, 0) is 41.7 Å². The summed E-state index contributed by atoms with van der Waals surface area (Å²) in [6.07, 6.45) is 2.25. The summed E-state index contributed by atoms with van der Waals surface area (Å²) >= 11 is 0. The monoisotopic (exact) mass is 394 g/mol. The van der Waals surface area contributed by atoms with Gasteiger partial charge in [0.05, 0.1) is 12.0 Å². The van der Waals surface area contributed by atoms with Crippen molar-refractivity contribution < 1.29 is 19.5 Å². The summed E-state index contributed by atoms with van der Waals surface area (Å²) in [6.45, 7) is 2.91. The van der Waals surface area contributed by atoms with Gasteiger partial charge in [-0.2, -0.15) is 0 Å². The van der Waals surface area contributed by atoms with Gasteiger partial charge in [-0.15, -0.1) is 0 Å². The van der Waals surface area contributed by atoms with E-state index in [-0.39, 0.29) is 23.8 Å². The second-order valence-corrected chi connectivity index (χ2v) is 7.37. The molecule has 1 atom stereocenters. The van der Waals surface area contributed by atoms with Crippen molar-refractivity contribution in [3.8, 4) is 0 Å². The fourth-order valence-electron chi connectivity index (χ4n) is 3.67. The minimum atomic E-state index is -0.978. The number of carbonyl (C=O) groups is 3. The van der Waals surface area contributed by atoms with Crippen LogP contribution >= 0.6 is 0 Å². The van der Waals surface area contributed by atoms with Crippen molar-refractivity contribution in [1.29, 1.82) is 0 Å². The molecular formula is C23H26N2O4. The van der Waals surface area contributed by atoms with E-state index < -0.39 is 12.0 Å². The van der Waals surface area contributed by atoms with Crippen LogP contribution < -0.4 is 5.32 Å². The number of fused-ring (bicyclic) bond motifs is 1. The molecule has 152 valence electrons. The molecule has 0 saturated heterocycles. The minimum Gasteiger partial charge on any atom is -0.478 e. The molecule has 2 amide bonds. The number of aromatic carboxylic acids is 1. The van der Waals surface area contributed by atoms with Gasteiger partial charge in [-0.25, -0.2) is 4.79 Å². The number of nitrogens with one attached hydrogen (secondary N) is 1. The van der Waals surface area contributed by atoms with E-state index in [0.717, 1.165) is 23.1 Å².